The molecule has 1 aliphatic heterocycles. The molecule has 0 bridgehead atoms. The van der Waals surface area contributed by atoms with Crippen molar-refractivity contribution >= 4 is 15.9 Å². The molecule has 0 saturated heterocycles. The van der Waals surface area contributed by atoms with E-state index >= 15 is 0 Å². The number of carbonyl (C=O) groups is 1. The van der Waals surface area contributed by atoms with Crippen molar-refractivity contribution in [2.45, 2.75) is 10.9 Å². The first kappa shape index (κ1) is 19.0. The lowest BCUT2D eigenvalue weighted by molar-refractivity contribution is 0.0865. The molecule has 1 heterocycles. The van der Waals surface area contributed by atoms with E-state index in [1.165, 1.54) is 32.4 Å². The van der Waals surface area contributed by atoms with Gasteiger partial charge in [0.2, 0.25) is 0 Å². The lowest BCUT2D eigenvalue weighted by Crippen LogP contribution is -2.35. The lowest BCUT2D eigenvalue weighted by atomic mass is 9.99. The summed E-state index contributed by atoms with van der Waals surface area (Å²) in [6.45, 7) is 0. The van der Waals surface area contributed by atoms with Crippen LogP contribution in [0, 0.1) is 0 Å². The Morgan fingerprint density at radius 2 is 1.48 bits per heavy atom. The molecule has 0 aromatic heterocycles. The van der Waals surface area contributed by atoms with E-state index in [1.807, 2.05) is 30.3 Å². The summed E-state index contributed by atoms with van der Waals surface area (Å²) in [4.78, 5) is 13.1. The molecule has 148 valence electrons. The SMILES string of the molecule is COc1ccc(S(=O)(=O)N2C(=O)c3ccccc3C2c2ccccc2)cc1OC. The number of amides is 1. The number of benzene rings is 3. The zero-order valence-electron chi connectivity index (χ0n) is 15.9. The first-order valence-corrected chi connectivity index (χ1v) is 10.4. The van der Waals surface area contributed by atoms with Crippen LogP contribution in [0.5, 0.6) is 11.5 Å². The minimum absolute atomic E-state index is 0.0442. The molecule has 1 aliphatic rings. The monoisotopic (exact) mass is 409 g/mol. The van der Waals surface area contributed by atoms with E-state index in [9.17, 15) is 13.2 Å². The van der Waals surface area contributed by atoms with Gasteiger partial charge in [-0.2, -0.15) is 0 Å². The summed E-state index contributed by atoms with van der Waals surface area (Å²) in [5.41, 5.74) is 1.76. The van der Waals surface area contributed by atoms with Gasteiger partial charge in [-0.25, -0.2) is 12.7 Å². The largest absolute Gasteiger partial charge is 0.493 e. The molecule has 7 heteroatoms. The van der Waals surface area contributed by atoms with E-state index in [0.717, 1.165) is 9.87 Å². The van der Waals surface area contributed by atoms with Gasteiger partial charge in [-0.05, 0) is 29.3 Å². The summed E-state index contributed by atoms with van der Waals surface area (Å²) in [7, 11) is -1.26. The van der Waals surface area contributed by atoms with Crippen LogP contribution < -0.4 is 9.47 Å². The highest BCUT2D eigenvalue weighted by atomic mass is 32.2. The molecule has 1 atom stereocenters. The van der Waals surface area contributed by atoms with Gasteiger partial charge < -0.3 is 9.47 Å². The minimum atomic E-state index is -4.16. The van der Waals surface area contributed by atoms with Gasteiger partial charge in [0.05, 0.1) is 25.2 Å². The Hall–Kier alpha value is -3.32. The molecule has 0 aliphatic carbocycles. The fraction of sp³-hybridized carbons (Fsp3) is 0.136. The Morgan fingerprint density at radius 1 is 0.828 bits per heavy atom. The summed E-state index contributed by atoms with van der Waals surface area (Å²) < 4.78 is 38.5. The van der Waals surface area contributed by atoms with Crippen LogP contribution in [-0.2, 0) is 10.0 Å². The third-order valence-electron chi connectivity index (χ3n) is 4.95. The molecule has 3 aromatic rings. The summed E-state index contributed by atoms with van der Waals surface area (Å²) in [5.74, 6) is 0.125. The van der Waals surface area contributed by atoms with E-state index < -0.39 is 22.0 Å². The Labute approximate surface area is 169 Å². The van der Waals surface area contributed by atoms with Crippen molar-refractivity contribution in [3.63, 3.8) is 0 Å². The van der Waals surface area contributed by atoms with Crippen molar-refractivity contribution < 1.29 is 22.7 Å². The number of ether oxygens (including phenoxy) is 2. The van der Waals surface area contributed by atoms with Gasteiger partial charge in [-0.3, -0.25) is 4.79 Å². The summed E-state index contributed by atoms with van der Waals surface area (Å²) in [6, 6.07) is 19.6. The predicted molar refractivity (Wildman–Crippen MR) is 108 cm³/mol. The van der Waals surface area contributed by atoms with Crippen molar-refractivity contribution in [3.8, 4) is 11.5 Å². The maximum atomic E-state index is 13.6. The average molecular weight is 409 g/mol. The first-order valence-electron chi connectivity index (χ1n) is 8.93. The smallest absolute Gasteiger partial charge is 0.268 e. The summed E-state index contributed by atoms with van der Waals surface area (Å²) in [5, 5.41) is 0. The van der Waals surface area contributed by atoms with Crippen LogP contribution in [0.3, 0.4) is 0 Å². The second kappa shape index (κ2) is 7.25. The Balaban J connectivity index is 1.89. The van der Waals surface area contributed by atoms with Crippen molar-refractivity contribution in [2.75, 3.05) is 14.2 Å². The maximum Gasteiger partial charge on any atom is 0.268 e. The number of fused-ring (bicyclic) bond motifs is 1. The van der Waals surface area contributed by atoms with E-state index in [0.29, 0.717) is 16.9 Å². The zero-order chi connectivity index (χ0) is 20.6. The van der Waals surface area contributed by atoms with E-state index in [4.69, 9.17) is 9.47 Å². The van der Waals surface area contributed by atoms with Crippen LogP contribution in [0.25, 0.3) is 0 Å². The number of sulfonamides is 1. The molecule has 3 aromatic carbocycles. The van der Waals surface area contributed by atoms with E-state index in [1.54, 1.807) is 24.3 Å². The maximum absolute atomic E-state index is 13.6. The lowest BCUT2D eigenvalue weighted by Gasteiger charge is -2.25. The fourth-order valence-electron chi connectivity index (χ4n) is 3.58. The number of hydrogen-bond acceptors (Lipinski definition) is 5. The molecular weight excluding hydrogens is 390 g/mol. The fourth-order valence-corrected chi connectivity index (χ4v) is 5.13. The number of rotatable bonds is 5. The van der Waals surface area contributed by atoms with Crippen LogP contribution in [0.1, 0.15) is 27.5 Å². The molecule has 6 nitrogen and oxygen atoms in total. The van der Waals surface area contributed by atoms with Gasteiger partial charge in [0, 0.05) is 11.6 Å². The van der Waals surface area contributed by atoms with Crippen molar-refractivity contribution in [2.24, 2.45) is 0 Å². The van der Waals surface area contributed by atoms with Crippen LogP contribution in [0.4, 0.5) is 0 Å². The quantitative estimate of drug-likeness (QED) is 0.643. The van der Waals surface area contributed by atoms with Crippen LogP contribution >= 0.6 is 0 Å². The second-order valence-corrected chi connectivity index (χ2v) is 8.34. The standard InChI is InChI=1S/C22H19NO5S/c1-27-19-13-12-16(14-20(19)28-2)29(25,26)23-21(15-8-4-3-5-9-15)17-10-6-7-11-18(17)22(23)24/h3-14,21H,1-2H3. The van der Waals surface area contributed by atoms with Crippen molar-refractivity contribution in [1.29, 1.82) is 0 Å². The van der Waals surface area contributed by atoms with Gasteiger partial charge in [0.1, 0.15) is 0 Å². The van der Waals surface area contributed by atoms with Gasteiger partial charge in [0.25, 0.3) is 15.9 Å². The first-order chi connectivity index (χ1) is 14.0. The highest BCUT2D eigenvalue weighted by molar-refractivity contribution is 7.89. The topological polar surface area (TPSA) is 72.9 Å². The summed E-state index contributed by atoms with van der Waals surface area (Å²) >= 11 is 0. The predicted octanol–water partition coefficient (Wildman–Crippen LogP) is 3.64. The molecular formula is C22H19NO5S. The van der Waals surface area contributed by atoms with Crippen molar-refractivity contribution in [3.05, 3.63) is 89.5 Å². The molecule has 0 N–H and O–H groups in total. The number of hydrogen-bond donors (Lipinski definition) is 0. The van der Waals surface area contributed by atoms with Gasteiger partial charge in [-0.1, -0.05) is 48.5 Å². The molecule has 0 fully saturated rings. The minimum Gasteiger partial charge on any atom is -0.493 e. The third-order valence-corrected chi connectivity index (χ3v) is 6.69. The number of methoxy groups -OCH3 is 2. The van der Waals surface area contributed by atoms with Crippen LogP contribution in [0.2, 0.25) is 0 Å². The average Bonchev–Trinajstić information content (AvgIpc) is 3.07. The Morgan fingerprint density at radius 3 is 2.17 bits per heavy atom. The van der Waals surface area contributed by atoms with E-state index in [-0.39, 0.29) is 10.6 Å². The second-order valence-electron chi connectivity index (χ2n) is 6.52. The Kier molecular flexibility index (Phi) is 4.76. The van der Waals surface area contributed by atoms with Crippen LogP contribution in [0.15, 0.2) is 77.7 Å². The third kappa shape index (κ3) is 3.03. The molecule has 1 unspecified atom stereocenters. The molecule has 0 radical (unpaired) electrons. The molecule has 4 rings (SSSR count). The zero-order valence-corrected chi connectivity index (χ0v) is 16.7. The van der Waals surface area contributed by atoms with E-state index in [2.05, 4.69) is 0 Å². The van der Waals surface area contributed by atoms with Gasteiger partial charge in [-0.15, -0.1) is 0 Å². The van der Waals surface area contributed by atoms with Crippen molar-refractivity contribution in [1.82, 2.24) is 4.31 Å². The van der Waals surface area contributed by atoms with Crippen LogP contribution in [-0.4, -0.2) is 32.8 Å². The number of carbonyl (C=O) groups excluding carboxylic acids is 1. The van der Waals surface area contributed by atoms with Gasteiger partial charge >= 0.3 is 0 Å². The molecule has 29 heavy (non-hydrogen) atoms. The molecule has 0 spiro atoms. The molecule has 1 amide bonds. The Bertz CT molecular complexity index is 1170. The molecule has 0 saturated carbocycles. The highest BCUT2D eigenvalue weighted by Crippen LogP contribution is 2.42. The number of nitrogens with zero attached hydrogens (tertiary/aromatic N) is 1. The van der Waals surface area contributed by atoms with Gasteiger partial charge in [0.15, 0.2) is 11.5 Å². The summed E-state index contributed by atoms with van der Waals surface area (Å²) in [6.07, 6.45) is 0. The normalized spacial score (nSPS) is 15.9. The highest BCUT2D eigenvalue weighted by Gasteiger charge is 2.45.